The van der Waals surface area contributed by atoms with E-state index in [9.17, 15) is 4.79 Å². The molecule has 0 unspecified atom stereocenters. The molecule has 0 aliphatic carbocycles. The number of carbonyl (C=O) groups excluding carboxylic acids is 1. The number of nitrogens with two attached hydrogens (primary N) is 1. The standard InChI is InChI=1S/C16H26N2O3/c1-16(2,9-6-10-17)11-18-15(19)12-7-5-8-13(20-3)14(12)21-4/h5,7-8H,6,9-11,17H2,1-4H3,(H,18,19). The number of benzene rings is 1. The molecule has 21 heavy (non-hydrogen) atoms. The molecule has 1 rings (SSSR count). The number of ether oxygens (including phenoxy) is 2. The van der Waals surface area contributed by atoms with Gasteiger partial charge in [0.05, 0.1) is 19.8 Å². The Bertz CT molecular complexity index is 473. The van der Waals surface area contributed by atoms with E-state index in [1.807, 2.05) is 0 Å². The Morgan fingerprint density at radius 2 is 2.00 bits per heavy atom. The molecular weight excluding hydrogens is 268 g/mol. The van der Waals surface area contributed by atoms with Crippen LogP contribution in [0.15, 0.2) is 18.2 Å². The Labute approximate surface area is 126 Å². The second kappa shape index (κ2) is 7.88. The fraction of sp³-hybridized carbons (Fsp3) is 0.562. The molecule has 1 aromatic carbocycles. The van der Waals surface area contributed by atoms with Crippen LogP contribution < -0.4 is 20.5 Å². The van der Waals surface area contributed by atoms with E-state index in [-0.39, 0.29) is 11.3 Å². The molecule has 0 aliphatic rings. The van der Waals surface area contributed by atoms with Gasteiger partial charge < -0.3 is 20.5 Å². The van der Waals surface area contributed by atoms with Crippen molar-refractivity contribution in [1.82, 2.24) is 5.32 Å². The van der Waals surface area contributed by atoms with Crippen LogP contribution in [0, 0.1) is 5.41 Å². The molecule has 5 nitrogen and oxygen atoms in total. The minimum absolute atomic E-state index is 0.0150. The lowest BCUT2D eigenvalue weighted by molar-refractivity contribution is 0.0930. The zero-order valence-electron chi connectivity index (χ0n) is 13.4. The summed E-state index contributed by atoms with van der Waals surface area (Å²) in [5.74, 6) is 0.844. The maximum absolute atomic E-state index is 12.3. The summed E-state index contributed by atoms with van der Waals surface area (Å²) < 4.78 is 10.5. The second-order valence-electron chi connectivity index (χ2n) is 5.78. The third-order valence-corrected chi connectivity index (χ3v) is 3.43. The van der Waals surface area contributed by atoms with Crippen LogP contribution in [0.3, 0.4) is 0 Å². The molecule has 0 radical (unpaired) electrons. The number of nitrogens with one attached hydrogen (secondary N) is 1. The highest BCUT2D eigenvalue weighted by Crippen LogP contribution is 2.30. The molecule has 0 spiro atoms. The Hall–Kier alpha value is -1.75. The summed E-state index contributed by atoms with van der Waals surface area (Å²) in [6.07, 6.45) is 1.92. The molecule has 0 saturated carbocycles. The first-order valence-electron chi connectivity index (χ1n) is 7.14. The van der Waals surface area contributed by atoms with Gasteiger partial charge in [-0.3, -0.25) is 4.79 Å². The fourth-order valence-electron chi connectivity index (χ4n) is 2.15. The van der Waals surface area contributed by atoms with Gasteiger partial charge in [-0.25, -0.2) is 0 Å². The molecule has 3 N–H and O–H groups in total. The predicted molar refractivity (Wildman–Crippen MR) is 83.9 cm³/mol. The molecule has 0 aromatic heterocycles. The van der Waals surface area contributed by atoms with E-state index in [4.69, 9.17) is 15.2 Å². The topological polar surface area (TPSA) is 73.6 Å². The Morgan fingerprint density at radius 3 is 2.57 bits per heavy atom. The molecule has 0 atom stereocenters. The minimum Gasteiger partial charge on any atom is -0.493 e. The summed E-state index contributed by atoms with van der Waals surface area (Å²) >= 11 is 0. The van der Waals surface area contributed by atoms with Gasteiger partial charge in [0.2, 0.25) is 0 Å². The van der Waals surface area contributed by atoms with E-state index < -0.39 is 0 Å². The third kappa shape index (κ3) is 4.93. The first-order chi connectivity index (χ1) is 9.95. The highest BCUT2D eigenvalue weighted by molar-refractivity contribution is 5.97. The van der Waals surface area contributed by atoms with Crippen molar-refractivity contribution in [1.29, 1.82) is 0 Å². The van der Waals surface area contributed by atoms with Gasteiger partial charge in [0.1, 0.15) is 0 Å². The van der Waals surface area contributed by atoms with Crippen LogP contribution in [0.1, 0.15) is 37.0 Å². The molecule has 5 heteroatoms. The molecule has 0 saturated heterocycles. The summed E-state index contributed by atoms with van der Waals surface area (Å²) in [5.41, 5.74) is 6.03. The van der Waals surface area contributed by atoms with Crippen molar-refractivity contribution < 1.29 is 14.3 Å². The Kier molecular flexibility index (Phi) is 6.49. The number of methoxy groups -OCH3 is 2. The first kappa shape index (κ1) is 17.3. The van der Waals surface area contributed by atoms with Gasteiger partial charge in [0.15, 0.2) is 11.5 Å². The molecule has 1 amide bonds. The lowest BCUT2D eigenvalue weighted by Gasteiger charge is -2.25. The summed E-state index contributed by atoms with van der Waals surface area (Å²) in [6, 6.07) is 5.26. The van der Waals surface area contributed by atoms with Gasteiger partial charge in [-0.1, -0.05) is 19.9 Å². The van der Waals surface area contributed by atoms with Crippen LogP contribution in [-0.4, -0.2) is 33.2 Å². The van der Waals surface area contributed by atoms with Gasteiger partial charge in [0.25, 0.3) is 5.91 Å². The van der Waals surface area contributed by atoms with Crippen LogP contribution in [-0.2, 0) is 0 Å². The number of hydrogen-bond donors (Lipinski definition) is 2. The maximum atomic E-state index is 12.3. The number of para-hydroxylation sites is 1. The fourth-order valence-corrected chi connectivity index (χ4v) is 2.15. The highest BCUT2D eigenvalue weighted by atomic mass is 16.5. The van der Waals surface area contributed by atoms with Gasteiger partial charge >= 0.3 is 0 Å². The van der Waals surface area contributed by atoms with E-state index >= 15 is 0 Å². The van der Waals surface area contributed by atoms with E-state index in [0.29, 0.717) is 30.2 Å². The van der Waals surface area contributed by atoms with Gasteiger partial charge in [0, 0.05) is 6.54 Å². The van der Waals surface area contributed by atoms with E-state index in [1.165, 1.54) is 7.11 Å². The highest BCUT2D eigenvalue weighted by Gasteiger charge is 2.21. The van der Waals surface area contributed by atoms with Crippen molar-refractivity contribution in [3.05, 3.63) is 23.8 Å². The van der Waals surface area contributed by atoms with Crippen LogP contribution in [0.4, 0.5) is 0 Å². The van der Waals surface area contributed by atoms with Crippen molar-refractivity contribution in [2.75, 3.05) is 27.3 Å². The SMILES string of the molecule is COc1cccc(C(=O)NCC(C)(C)CCCN)c1OC. The molecule has 118 valence electrons. The molecule has 0 heterocycles. The molecule has 0 bridgehead atoms. The quantitative estimate of drug-likeness (QED) is 0.771. The number of carbonyl (C=O) groups is 1. The summed E-state index contributed by atoms with van der Waals surface area (Å²) in [4.78, 5) is 12.3. The number of amides is 1. The molecule has 0 fully saturated rings. The van der Waals surface area contributed by atoms with Crippen LogP contribution in [0.25, 0.3) is 0 Å². The smallest absolute Gasteiger partial charge is 0.255 e. The number of hydrogen-bond acceptors (Lipinski definition) is 4. The Balaban J connectivity index is 2.76. The average Bonchev–Trinajstić information content (AvgIpc) is 2.49. The van der Waals surface area contributed by atoms with Crippen molar-refractivity contribution in [3.8, 4) is 11.5 Å². The lowest BCUT2D eigenvalue weighted by atomic mass is 9.87. The first-order valence-corrected chi connectivity index (χ1v) is 7.14. The van der Waals surface area contributed by atoms with Crippen LogP contribution in [0.5, 0.6) is 11.5 Å². The van der Waals surface area contributed by atoms with Crippen molar-refractivity contribution in [2.45, 2.75) is 26.7 Å². The monoisotopic (exact) mass is 294 g/mol. The van der Waals surface area contributed by atoms with Crippen LogP contribution in [0.2, 0.25) is 0 Å². The largest absolute Gasteiger partial charge is 0.493 e. The Morgan fingerprint density at radius 1 is 1.29 bits per heavy atom. The third-order valence-electron chi connectivity index (χ3n) is 3.43. The number of rotatable bonds is 8. The normalized spacial score (nSPS) is 11.1. The second-order valence-corrected chi connectivity index (χ2v) is 5.78. The van der Waals surface area contributed by atoms with Crippen molar-refractivity contribution in [3.63, 3.8) is 0 Å². The molecule has 0 aliphatic heterocycles. The maximum Gasteiger partial charge on any atom is 0.255 e. The zero-order valence-corrected chi connectivity index (χ0v) is 13.4. The van der Waals surface area contributed by atoms with Gasteiger partial charge in [-0.15, -0.1) is 0 Å². The van der Waals surface area contributed by atoms with E-state index in [2.05, 4.69) is 19.2 Å². The average molecular weight is 294 g/mol. The summed E-state index contributed by atoms with van der Waals surface area (Å²) in [5, 5.41) is 2.96. The van der Waals surface area contributed by atoms with Crippen LogP contribution >= 0.6 is 0 Å². The van der Waals surface area contributed by atoms with E-state index in [0.717, 1.165) is 12.8 Å². The molecular formula is C16H26N2O3. The van der Waals surface area contributed by atoms with E-state index in [1.54, 1.807) is 25.3 Å². The lowest BCUT2D eigenvalue weighted by Crippen LogP contribution is -2.34. The van der Waals surface area contributed by atoms with Gasteiger partial charge in [-0.05, 0) is 36.9 Å². The summed E-state index contributed by atoms with van der Waals surface area (Å²) in [6.45, 7) is 5.49. The van der Waals surface area contributed by atoms with Gasteiger partial charge in [-0.2, -0.15) is 0 Å². The van der Waals surface area contributed by atoms with Crippen molar-refractivity contribution in [2.24, 2.45) is 11.1 Å². The molecule has 1 aromatic rings. The zero-order chi connectivity index (χ0) is 15.9. The minimum atomic E-state index is -0.161. The summed E-state index contributed by atoms with van der Waals surface area (Å²) in [7, 11) is 3.08. The van der Waals surface area contributed by atoms with Crippen molar-refractivity contribution >= 4 is 5.91 Å². The predicted octanol–water partition coefficient (Wildman–Crippen LogP) is 2.20.